The molecular formula is C27H29N3O7. The summed E-state index contributed by atoms with van der Waals surface area (Å²) in [6.45, 7) is 3.76. The molecule has 1 heterocycles. The number of amides is 1. The third-order valence-electron chi connectivity index (χ3n) is 7.77. The number of fused-ring (bicyclic) bond motifs is 3. The number of aromatic nitrogens is 1. The lowest BCUT2D eigenvalue weighted by Crippen LogP contribution is -2.66. The Bertz CT molecular complexity index is 1350. The highest BCUT2D eigenvalue weighted by molar-refractivity contribution is 6.24. The summed E-state index contributed by atoms with van der Waals surface area (Å²) in [7, 11) is 0. The van der Waals surface area contributed by atoms with Crippen molar-refractivity contribution in [3.05, 3.63) is 47.2 Å². The standard InChI is InChI=1S/C27H29N3O7/c1-11(2)30-17-10-14(16-5-3-4-6-29-16)15-8-12-7-13-9-18(31)21(26(28)36)25(35)27(13,37)24(34)19(12)23(33)20(15)22(17)32/h3-6,10-13,18,21,30-33,37H,7-9H2,1-2H3,(H2,28,36)/t12-,13+,18?,21?,27+/m1/s1. The number of phenols is 1. The lowest BCUT2D eigenvalue weighted by Gasteiger charge is -2.48. The van der Waals surface area contributed by atoms with Crippen LogP contribution in [0.1, 0.15) is 37.8 Å². The molecular weight excluding hydrogens is 478 g/mol. The van der Waals surface area contributed by atoms with E-state index >= 15 is 0 Å². The van der Waals surface area contributed by atoms with Crippen LogP contribution in [0, 0.1) is 17.8 Å². The maximum atomic E-state index is 13.7. The van der Waals surface area contributed by atoms with Crippen LogP contribution < -0.4 is 11.1 Å². The smallest absolute Gasteiger partial charge is 0.230 e. The Morgan fingerprint density at radius 2 is 1.95 bits per heavy atom. The van der Waals surface area contributed by atoms with Gasteiger partial charge in [-0.3, -0.25) is 19.4 Å². The minimum atomic E-state index is -2.61. The number of nitrogens with one attached hydrogen (secondary N) is 1. The molecule has 37 heavy (non-hydrogen) atoms. The summed E-state index contributed by atoms with van der Waals surface area (Å²) in [4.78, 5) is 43.2. The molecule has 2 fully saturated rings. The number of carbonyl (C=O) groups excluding carboxylic acids is 3. The van der Waals surface area contributed by atoms with E-state index in [9.17, 15) is 34.8 Å². The largest absolute Gasteiger partial charge is 0.507 e. The van der Waals surface area contributed by atoms with Crippen molar-refractivity contribution in [1.82, 2.24) is 4.98 Å². The number of Topliss-reactive ketones (excluding diaryl/α,β-unsaturated/α-hetero) is 2. The molecule has 3 aliphatic carbocycles. The summed E-state index contributed by atoms with van der Waals surface area (Å²) in [5.74, 6) is -7.40. The Balaban J connectivity index is 1.71. The Kier molecular flexibility index (Phi) is 5.84. The van der Waals surface area contributed by atoms with Gasteiger partial charge < -0.3 is 31.5 Å². The number of rotatable bonds is 4. The maximum Gasteiger partial charge on any atom is 0.230 e. The number of phenolic OH excluding ortho intramolecular Hbond substituents is 1. The van der Waals surface area contributed by atoms with Gasteiger partial charge in [0.2, 0.25) is 11.7 Å². The average molecular weight is 508 g/mol. The molecule has 7 N–H and O–H groups in total. The van der Waals surface area contributed by atoms with E-state index in [2.05, 4.69) is 10.3 Å². The number of aliphatic hydroxyl groups is 3. The van der Waals surface area contributed by atoms with Crippen LogP contribution in [-0.2, 0) is 20.8 Å². The van der Waals surface area contributed by atoms with Crippen LogP contribution >= 0.6 is 0 Å². The zero-order chi connectivity index (χ0) is 26.8. The molecule has 1 aromatic carbocycles. The molecule has 2 unspecified atom stereocenters. The van der Waals surface area contributed by atoms with Gasteiger partial charge in [0.25, 0.3) is 0 Å². The second kappa shape index (κ2) is 8.67. The molecule has 0 spiro atoms. The highest BCUT2D eigenvalue weighted by Crippen LogP contribution is 2.53. The van der Waals surface area contributed by atoms with Gasteiger partial charge in [0.1, 0.15) is 17.4 Å². The van der Waals surface area contributed by atoms with E-state index in [-0.39, 0.29) is 42.2 Å². The molecule has 1 aromatic heterocycles. The monoisotopic (exact) mass is 507 g/mol. The molecule has 0 radical (unpaired) electrons. The zero-order valence-corrected chi connectivity index (χ0v) is 20.4. The summed E-state index contributed by atoms with van der Waals surface area (Å²) in [6, 6.07) is 7.06. The molecule has 10 nitrogen and oxygen atoms in total. The molecule has 3 aliphatic rings. The number of nitrogens with zero attached hydrogens (tertiary/aromatic N) is 1. The minimum absolute atomic E-state index is 0.0303. The first-order valence-electron chi connectivity index (χ1n) is 12.3. The number of benzene rings is 1. The second-order valence-corrected chi connectivity index (χ2v) is 10.4. The number of primary amides is 1. The summed E-state index contributed by atoms with van der Waals surface area (Å²) < 4.78 is 0. The fourth-order valence-electron chi connectivity index (χ4n) is 6.16. The van der Waals surface area contributed by atoms with Crippen LogP contribution in [0.3, 0.4) is 0 Å². The van der Waals surface area contributed by atoms with Gasteiger partial charge in [-0.1, -0.05) is 6.07 Å². The fraction of sp³-hybridized carbons (Fsp3) is 0.407. The topological polar surface area (TPSA) is 183 Å². The number of hydrogen-bond donors (Lipinski definition) is 6. The third-order valence-corrected chi connectivity index (χ3v) is 7.77. The number of carbonyl (C=O) groups is 3. The number of aliphatic hydroxyl groups excluding tert-OH is 2. The van der Waals surface area contributed by atoms with Crippen molar-refractivity contribution in [2.45, 2.75) is 50.9 Å². The summed E-state index contributed by atoms with van der Waals surface area (Å²) in [6.07, 6.45) is 0.356. The van der Waals surface area contributed by atoms with E-state index in [0.717, 1.165) is 0 Å². The number of nitrogens with two attached hydrogens (primary N) is 1. The molecule has 2 aromatic rings. The van der Waals surface area contributed by atoms with Gasteiger partial charge in [-0.15, -0.1) is 0 Å². The van der Waals surface area contributed by atoms with E-state index in [1.165, 1.54) is 0 Å². The van der Waals surface area contributed by atoms with Gasteiger partial charge in [0.05, 0.1) is 23.0 Å². The Morgan fingerprint density at radius 1 is 1.22 bits per heavy atom. The van der Waals surface area contributed by atoms with Crippen molar-refractivity contribution in [3.8, 4) is 17.0 Å². The van der Waals surface area contributed by atoms with Crippen molar-refractivity contribution in [3.63, 3.8) is 0 Å². The van der Waals surface area contributed by atoms with E-state index < -0.39 is 52.7 Å². The fourth-order valence-corrected chi connectivity index (χ4v) is 6.16. The highest BCUT2D eigenvalue weighted by Gasteiger charge is 2.64. The molecule has 194 valence electrons. The number of anilines is 1. The molecule has 0 saturated heterocycles. The van der Waals surface area contributed by atoms with Gasteiger partial charge in [-0.25, -0.2) is 0 Å². The van der Waals surface area contributed by atoms with Crippen LogP contribution in [-0.4, -0.2) is 60.6 Å². The second-order valence-electron chi connectivity index (χ2n) is 10.4. The van der Waals surface area contributed by atoms with Gasteiger partial charge in [-0.2, -0.15) is 0 Å². The summed E-state index contributed by atoms with van der Waals surface area (Å²) in [5.41, 5.74) is 4.70. The molecule has 2 saturated carbocycles. The van der Waals surface area contributed by atoms with E-state index in [0.29, 0.717) is 22.5 Å². The average Bonchev–Trinajstić information content (AvgIpc) is 2.83. The number of hydrogen-bond acceptors (Lipinski definition) is 9. The Morgan fingerprint density at radius 3 is 2.57 bits per heavy atom. The van der Waals surface area contributed by atoms with Crippen molar-refractivity contribution in [2.75, 3.05) is 5.32 Å². The lowest BCUT2D eigenvalue weighted by atomic mass is 9.56. The molecule has 0 aliphatic heterocycles. The molecule has 5 rings (SSSR count). The highest BCUT2D eigenvalue weighted by atomic mass is 16.3. The quantitative estimate of drug-likeness (QED) is 0.263. The zero-order valence-electron chi connectivity index (χ0n) is 20.4. The van der Waals surface area contributed by atoms with Crippen LogP contribution in [0.5, 0.6) is 5.75 Å². The maximum absolute atomic E-state index is 13.7. The van der Waals surface area contributed by atoms with Crippen molar-refractivity contribution in [1.29, 1.82) is 0 Å². The molecule has 1 amide bonds. The van der Waals surface area contributed by atoms with Crippen molar-refractivity contribution < 1.29 is 34.8 Å². The molecule has 10 heteroatoms. The first-order chi connectivity index (χ1) is 17.5. The van der Waals surface area contributed by atoms with Crippen LogP contribution in [0.4, 0.5) is 5.69 Å². The Labute approximate surface area is 212 Å². The summed E-state index contributed by atoms with van der Waals surface area (Å²) in [5, 5.41) is 47.6. The lowest BCUT2D eigenvalue weighted by molar-refractivity contribution is -0.174. The van der Waals surface area contributed by atoms with E-state index in [1.54, 1.807) is 24.4 Å². The first-order valence-corrected chi connectivity index (χ1v) is 12.3. The number of ketones is 2. The van der Waals surface area contributed by atoms with Gasteiger partial charge in [0, 0.05) is 29.3 Å². The predicted octanol–water partition coefficient (Wildman–Crippen LogP) is 1.47. The summed E-state index contributed by atoms with van der Waals surface area (Å²) >= 11 is 0. The Hall–Kier alpha value is -3.76. The van der Waals surface area contributed by atoms with Gasteiger partial charge in [0.15, 0.2) is 11.4 Å². The van der Waals surface area contributed by atoms with Crippen LogP contribution in [0.15, 0.2) is 36.0 Å². The third kappa shape index (κ3) is 3.62. The SMILES string of the molecule is CC(C)Nc1cc(-c2ccccn2)c2c(c1O)C(O)=C1C(=O)[C@]3(O)C(=O)C(C(N)=O)C(O)C[C@@H]3C[C@@H]1C2. The number of aromatic hydroxyl groups is 1. The van der Waals surface area contributed by atoms with Crippen molar-refractivity contribution in [2.24, 2.45) is 23.5 Å². The van der Waals surface area contributed by atoms with Crippen LogP contribution in [0.2, 0.25) is 0 Å². The first kappa shape index (κ1) is 24.9. The van der Waals surface area contributed by atoms with Gasteiger partial charge in [-0.05, 0) is 62.8 Å². The predicted molar refractivity (Wildman–Crippen MR) is 133 cm³/mol. The molecule has 0 bridgehead atoms. The molecule has 5 atom stereocenters. The minimum Gasteiger partial charge on any atom is -0.507 e. The van der Waals surface area contributed by atoms with E-state index in [4.69, 9.17) is 5.73 Å². The number of pyridine rings is 1. The normalized spacial score (nSPS) is 29.0. The van der Waals surface area contributed by atoms with Crippen LogP contribution in [0.25, 0.3) is 17.0 Å². The van der Waals surface area contributed by atoms with Crippen molar-refractivity contribution >= 4 is 28.9 Å². The van der Waals surface area contributed by atoms with E-state index in [1.807, 2.05) is 19.9 Å². The van der Waals surface area contributed by atoms with Gasteiger partial charge >= 0.3 is 0 Å².